The number of rotatable bonds is 5. The molecule has 6 rings (SSSR count). The van der Waals surface area contributed by atoms with Crippen LogP contribution in [0.25, 0.3) is 11.0 Å². The van der Waals surface area contributed by atoms with Crippen LogP contribution in [0.4, 0.5) is 5.69 Å². The molecule has 1 fully saturated rings. The van der Waals surface area contributed by atoms with Gasteiger partial charge in [-0.05, 0) is 48.8 Å². The fourth-order valence-corrected chi connectivity index (χ4v) is 5.13. The van der Waals surface area contributed by atoms with Gasteiger partial charge < -0.3 is 5.32 Å². The molecule has 2 heterocycles. The van der Waals surface area contributed by atoms with Gasteiger partial charge in [0.15, 0.2) is 5.65 Å². The summed E-state index contributed by atoms with van der Waals surface area (Å²) in [6, 6.07) is 8.07. The van der Waals surface area contributed by atoms with Gasteiger partial charge in [0.25, 0.3) is 0 Å². The number of H-pyrrole nitrogens is 1. The van der Waals surface area contributed by atoms with Gasteiger partial charge in [0.05, 0.1) is 11.6 Å². The van der Waals surface area contributed by atoms with E-state index in [2.05, 4.69) is 49.8 Å². The average Bonchev–Trinajstić information content (AvgIpc) is 3.23. The quantitative estimate of drug-likeness (QED) is 0.387. The zero-order valence-corrected chi connectivity index (χ0v) is 16.2. The topological polar surface area (TPSA) is 83.6 Å². The van der Waals surface area contributed by atoms with Crippen molar-refractivity contribution in [3.63, 3.8) is 0 Å². The van der Waals surface area contributed by atoms with E-state index >= 15 is 0 Å². The van der Waals surface area contributed by atoms with Crippen molar-refractivity contribution in [3.8, 4) is 0 Å². The maximum absolute atomic E-state index is 12.8. The van der Waals surface area contributed by atoms with Crippen LogP contribution < -0.4 is 5.32 Å². The van der Waals surface area contributed by atoms with Crippen molar-refractivity contribution in [1.82, 2.24) is 20.2 Å². The summed E-state index contributed by atoms with van der Waals surface area (Å²) >= 11 is 1.64. The van der Waals surface area contributed by atoms with E-state index in [0.29, 0.717) is 11.8 Å². The number of carbonyl (C=O) groups is 1. The van der Waals surface area contributed by atoms with Gasteiger partial charge in [-0.15, -0.1) is 11.8 Å². The maximum atomic E-state index is 12.8. The molecule has 142 valence electrons. The van der Waals surface area contributed by atoms with Crippen LogP contribution in [0.15, 0.2) is 54.0 Å². The van der Waals surface area contributed by atoms with Crippen LogP contribution in [0.5, 0.6) is 0 Å². The van der Waals surface area contributed by atoms with Crippen molar-refractivity contribution in [3.05, 3.63) is 54.5 Å². The molecule has 3 unspecified atom stereocenters. The van der Waals surface area contributed by atoms with Crippen LogP contribution in [0.3, 0.4) is 0 Å². The highest BCUT2D eigenvalue weighted by Gasteiger charge is 2.36. The first-order chi connectivity index (χ1) is 13.8. The Morgan fingerprint density at radius 3 is 3.04 bits per heavy atom. The number of nitrogens with one attached hydrogen (secondary N) is 2. The molecule has 2 N–H and O–H groups in total. The van der Waals surface area contributed by atoms with Crippen molar-refractivity contribution in [1.29, 1.82) is 0 Å². The summed E-state index contributed by atoms with van der Waals surface area (Å²) < 4.78 is 0. The Hall–Kier alpha value is -2.67. The van der Waals surface area contributed by atoms with Gasteiger partial charge in [-0.1, -0.05) is 24.3 Å². The minimum atomic E-state index is 0.108. The number of hydrogen-bond donors (Lipinski definition) is 2. The second-order valence-electron chi connectivity index (χ2n) is 7.52. The van der Waals surface area contributed by atoms with E-state index in [9.17, 15) is 4.79 Å². The van der Waals surface area contributed by atoms with Crippen molar-refractivity contribution in [2.75, 3.05) is 5.32 Å². The Labute approximate surface area is 167 Å². The van der Waals surface area contributed by atoms with Crippen LogP contribution in [0, 0.1) is 17.8 Å². The normalized spacial score (nSPS) is 23.2. The molecule has 3 aliphatic rings. The van der Waals surface area contributed by atoms with Gasteiger partial charge in [-0.2, -0.15) is 5.10 Å². The molecule has 0 radical (unpaired) electrons. The van der Waals surface area contributed by atoms with Gasteiger partial charge in [0.1, 0.15) is 11.4 Å². The Balaban J connectivity index is 1.25. The van der Waals surface area contributed by atoms with Crippen LogP contribution in [0.2, 0.25) is 0 Å². The van der Waals surface area contributed by atoms with Crippen molar-refractivity contribution < 1.29 is 4.79 Å². The van der Waals surface area contributed by atoms with E-state index < -0.39 is 0 Å². The fourth-order valence-electron chi connectivity index (χ4n) is 4.22. The van der Waals surface area contributed by atoms with Gasteiger partial charge >= 0.3 is 0 Å². The van der Waals surface area contributed by atoms with Gasteiger partial charge in [-0.25, -0.2) is 9.97 Å². The number of benzene rings is 1. The summed E-state index contributed by atoms with van der Waals surface area (Å²) in [5, 5.41) is 11.9. The molecule has 1 aromatic carbocycles. The lowest BCUT2D eigenvalue weighted by molar-refractivity contribution is -0.122. The Bertz CT molecular complexity index is 1050. The van der Waals surface area contributed by atoms with E-state index in [1.165, 1.54) is 6.42 Å². The number of aromatic nitrogens is 4. The predicted octanol–water partition coefficient (Wildman–Crippen LogP) is 4.19. The van der Waals surface area contributed by atoms with Crippen molar-refractivity contribution >= 4 is 34.4 Å². The SMILES string of the molecule is O=C(Nc1cccc(CSc2ncnc3[nH]ncc23)c1)C1CC2C=CC1CC2. The molecule has 3 aromatic rings. The minimum absolute atomic E-state index is 0.108. The van der Waals surface area contributed by atoms with Crippen LogP contribution in [0.1, 0.15) is 24.8 Å². The third-order valence-corrected chi connectivity index (χ3v) is 6.77. The first kappa shape index (κ1) is 17.4. The Morgan fingerprint density at radius 2 is 2.21 bits per heavy atom. The summed E-state index contributed by atoms with van der Waals surface area (Å²) in [5.74, 6) is 2.00. The van der Waals surface area contributed by atoms with E-state index in [1.807, 2.05) is 12.1 Å². The van der Waals surface area contributed by atoms with Crippen LogP contribution in [-0.2, 0) is 10.5 Å². The van der Waals surface area contributed by atoms with Gasteiger partial charge in [0, 0.05) is 17.4 Å². The van der Waals surface area contributed by atoms with E-state index in [0.717, 1.165) is 45.9 Å². The lowest BCUT2D eigenvalue weighted by atomic mass is 9.69. The monoisotopic (exact) mass is 391 g/mol. The minimum Gasteiger partial charge on any atom is -0.326 e. The number of nitrogens with zero attached hydrogens (tertiary/aromatic N) is 3. The standard InChI is InChI=1S/C21H21N5OS/c27-20(17-9-13-4-6-15(17)7-5-13)25-16-3-1-2-14(8-16)11-28-21-18-10-24-26-19(18)22-12-23-21/h1-4,6,8,10,12-13,15,17H,5,7,9,11H2,(H,25,27)(H,22,23,24,26). The lowest BCUT2D eigenvalue weighted by Gasteiger charge is -2.37. The number of allylic oxidation sites excluding steroid dienone is 2. The van der Waals surface area contributed by atoms with Gasteiger partial charge in [0.2, 0.25) is 5.91 Å². The highest BCUT2D eigenvalue weighted by molar-refractivity contribution is 7.98. The highest BCUT2D eigenvalue weighted by atomic mass is 32.2. The first-order valence-corrected chi connectivity index (χ1v) is 10.6. The summed E-state index contributed by atoms with van der Waals surface area (Å²) in [5.41, 5.74) is 2.75. The highest BCUT2D eigenvalue weighted by Crippen LogP contribution is 2.40. The number of fused-ring (bicyclic) bond motifs is 3. The summed E-state index contributed by atoms with van der Waals surface area (Å²) in [4.78, 5) is 21.3. The number of aromatic amines is 1. The van der Waals surface area contributed by atoms with E-state index in [4.69, 9.17) is 0 Å². The molecule has 0 aliphatic heterocycles. The molecule has 3 aliphatic carbocycles. The summed E-state index contributed by atoms with van der Waals surface area (Å²) in [7, 11) is 0. The number of carbonyl (C=O) groups excluding carboxylic acids is 1. The molecule has 0 spiro atoms. The van der Waals surface area contributed by atoms with E-state index in [-0.39, 0.29) is 11.8 Å². The third-order valence-electron chi connectivity index (χ3n) is 5.69. The van der Waals surface area contributed by atoms with Crippen molar-refractivity contribution in [2.24, 2.45) is 17.8 Å². The molecule has 0 saturated heterocycles. The smallest absolute Gasteiger partial charge is 0.228 e. The largest absolute Gasteiger partial charge is 0.326 e. The molecule has 1 amide bonds. The first-order valence-electron chi connectivity index (χ1n) is 9.61. The molecule has 3 atom stereocenters. The molecule has 2 aromatic heterocycles. The van der Waals surface area contributed by atoms with Crippen LogP contribution in [-0.4, -0.2) is 26.1 Å². The second kappa shape index (κ2) is 7.39. The number of anilines is 1. The van der Waals surface area contributed by atoms with Gasteiger partial charge in [-0.3, -0.25) is 9.89 Å². The molecule has 7 heteroatoms. The molecule has 6 nitrogen and oxygen atoms in total. The molecule has 2 bridgehead atoms. The maximum Gasteiger partial charge on any atom is 0.228 e. The fraction of sp³-hybridized carbons (Fsp3) is 0.333. The molecule has 28 heavy (non-hydrogen) atoms. The zero-order valence-electron chi connectivity index (χ0n) is 15.3. The molecular formula is C21H21N5OS. The summed E-state index contributed by atoms with van der Waals surface area (Å²) in [6.45, 7) is 0. The number of thioether (sulfide) groups is 1. The van der Waals surface area contributed by atoms with Crippen molar-refractivity contribution in [2.45, 2.75) is 30.0 Å². The third kappa shape index (κ3) is 3.42. The second-order valence-corrected chi connectivity index (χ2v) is 8.48. The Morgan fingerprint density at radius 1 is 1.25 bits per heavy atom. The molecular weight excluding hydrogens is 370 g/mol. The van der Waals surface area contributed by atoms with Crippen LogP contribution >= 0.6 is 11.8 Å². The number of hydrogen-bond acceptors (Lipinski definition) is 5. The molecule has 1 saturated carbocycles. The zero-order chi connectivity index (χ0) is 18.9. The average molecular weight is 392 g/mol. The lowest BCUT2D eigenvalue weighted by Crippen LogP contribution is -2.36. The summed E-state index contributed by atoms with van der Waals surface area (Å²) in [6.07, 6.45) is 11.2. The Kier molecular flexibility index (Phi) is 4.60. The predicted molar refractivity (Wildman–Crippen MR) is 110 cm³/mol. The van der Waals surface area contributed by atoms with E-state index in [1.54, 1.807) is 24.3 Å². The number of amides is 1.